The van der Waals surface area contributed by atoms with Crippen molar-refractivity contribution in [2.75, 3.05) is 38.5 Å². The number of aliphatic imine (C=N–C) groups is 1. The summed E-state index contributed by atoms with van der Waals surface area (Å²) < 4.78 is 29.5. The fourth-order valence-corrected chi connectivity index (χ4v) is 4.92. The predicted octanol–water partition coefficient (Wildman–Crippen LogP) is 2.03. The standard InChI is InChI=1S/C19H29N3O3S/c1-4-20-18(22-10-12-26(23,24)19(2,3)14-22)21-13-15-9-11-25-17-8-6-5-7-16(15)17/h5-8,15H,4,9-14H2,1-3H3,(H,20,21). The Labute approximate surface area is 156 Å². The molecule has 1 saturated heterocycles. The minimum atomic E-state index is -3.06. The lowest BCUT2D eigenvalue weighted by atomic mass is 9.93. The molecule has 0 aliphatic carbocycles. The first kappa shape index (κ1) is 19.0. The number of ether oxygens (including phenoxy) is 1. The zero-order valence-corrected chi connectivity index (χ0v) is 16.7. The summed E-state index contributed by atoms with van der Waals surface area (Å²) in [5.74, 6) is 2.26. The van der Waals surface area contributed by atoms with Crippen molar-refractivity contribution in [3.8, 4) is 5.75 Å². The van der Waals surface area contributed by atoms with Crippen molar-refractivity contribution in [2.45, 2.75) is 37.9 Å². The minimum Gasteiger partial charge on any atom is -0.493 e. The van der Waals surface area contributed by atoms with Crippen molar-refractivity contribution in [1.82, 2.24) is 10.2 Å². The highest BCUT2D eigenvalue weighted by Crippen LogP contribution is 2.33. The smallest absolute Gasteiger partial charge is 0.194 e. The number of hydrogen-bond donors (Lipinski definition) is 1. The molecule has 1 aromatic carbocycles. The molecule has 26 heavy (non-hydrogen) atoms. The van der Waals surface area contributed by atoms with Gasteiger partial charge in [0.2, 0.25) is 0 Å². The largest absolute Gasteiger partial charge is 0.493 e. The van der Waals surface area contributed by atoms with Crippen molar-refractivity contribution in [2.24, 2.45) is 4.99 Å². The van der Waals surface area contributed by atoms with Crippen LogP contribution in [0.1, 0.15) is 38.7 Å². The van der Waals surface area contributed by atoms with Crippen LogP contribution in [0.5, 0.6) is 5.75 Å². The number of nitrogens with zero attached hydrogens (tertiary/aromatic N) is 2. The second-order valence-corrected chi connectivity index (χ2v) is 10.3. The molecule has 1 fully saturated rings. The molecule has 2 aliphatic heterocycles. The van der Waals surface area contributed by atoms with Gasteiger partial charge >= 0.3 is 0 Å². The maximum Gasteiger partial charge on any atom is 0.194 e. The average molecular weight is 380 g/mol. The lowest BCUT2D eigenvalue weighted by Gasteiger charge is -2.39. The fraction of sp³-hybridized carbons (Fsp3) is 0.632. The molecule has 6 nitrogen and oxygen atoms in total. The summed E-state index contributed by atoms with van der Waals surface area (Å²) in [5.41, 5.74) is 1.21. The molecule has 0 spiro atoms. The first-order valence-corrected chi connectivity index (χ1v) is 11.0. The van der Waals surface area contributed by atoms with Gasteiger partial charge in [-0.1, -0.05) is 18.2 Å². The molecule has 2 heterocycles. The summed E-state index contributed by atoms with van der Waals surface area (Å²) >= 11 is 0. The monoisotopic (exact) mass is 379 g/mol. The molecule has 1 aromatic rings. The van der Waals surface area contributed by atoms with E-state index in [2.05, 4.69) is 16.3 Å². The first-order chi connectivity index (χ1) is 12.3. The van der Waals surface area contributed by atoms with Crippen LogP contribution in [0.4, 0.5) is 0 Å². The molecule has 1 atom stereocenters. The molecular formula is C19H29N3O3S. The number of hydrogen-bond acceptors (Lipinski definition) is 4. The zero-order chi connectivity index (χ0) is 18.8. The summed E-state index contributed by atoms with van der Waals surface area (Å²) in [6.07, 6.45) is 0.944. The van der Waals surface area contributed by atoms with Crippen LogP contribution in [0, 0.1) is 0 Å². The van der Waals surface area contributed by atoms with Crippen LogP contribution in [-0.2, 0) is 9.84 Å². The molecule has 2 aliphatic rings. The van der Waals surface area contributed by atoms with Crippen molar-refractivity contribution in [3.05, 3.63) is 29.8 Å². The normalized spacial score (nSPS) is 24.5. The Morgan fingerprint density at radius 3 is 2.88 bits per heavy atom. The molecule has 1 unspecified atom stereocenters. The molecule has 144 valence electrons. The van der Waals surface area contributed by atoms with Crippen LogP contribution in [0.25, 0.3) is 0 Å². The summed E-state index contributed by atoms with van der Waals surface area (Å²) in [6.45, 7) is 8.72. The molecule has 0 aromatic heterocycles. The Morgan fingerprint density at radius 2 is 2.15 bits per heavy atom. The van der Waals surface area contributed by atoms with Gasteiger partial charge in [-0.2, -0.15) is 0 Å². The van der Waals surface area contributed by atoms with Crippen molar-refractivity contribution in [1.29, 1.82) is 0 Å². The number of nitrogens with one attached hydrogen (secondary N) is 1. The van der Waals surface area contributed by atoms with E-state index < -0.39 is 14.6 Å². The molecule has 0 radical (unpaired) electrons. The molecule has 0 saturated carbocycles. The van der Waals surface area contributed by atoms with Gasteiger partial charge in [-0.3, -0.25) is 4.99 Å². The first-order valence-electron chi connectivity index (χ1n) is 9.31. The Kier molecular flexibility index (Phi) is 5.46. The highest BCUT2D eigenvalue weighted by atomic mass is 32.2. The van der Waals surface area contributed by atoms with Gasteiger partial charge in [-0.25, -0.2) is 8.42 Å². The maximum atomic E-state index is 12.3. The van der Waals surface area contributed by atoms with Crippen LogP contribution >= 0.6 is 0 Å². The van der Waals surface area contributed by atoms with Crippen LogP contribution in [0.15, 0.2) is 29.3 Å². The van der Waals surface area contributed by atoms with Crippen LogP contribution < -0.4 is 10.1 Å². The zero-order valence-electron chi connectivity index (χ0n) is 15.9. The lowest BCUT2D eigenvalue weighted by Crippen LogP contribution is -2.57. The molecule has 0 amide bonds. The van der Waals surface area contributed by atoms with Gasteiger partial charge in [0.25, 0.3) is 0 Å². The minimum absolute atomic E-state index is 0.171. The third-order valence-electron chi connectivity index (χ3n) is 5.22. The van der Waals surface area contributed by atoms with Crippen molar-refractivity contribution >= 4 is 15.8 Å². The van der Waals surface area contributed by atoms with E-state index in [-0.39, 0.29) is 5.75 Å². The fourth-order valence-electron chi connectivity index (χ4n) is 3.55. The van der Waals surface area contributed by atoms with Crippen LogP contribution in [-0.4, -0.2) is 62.6 Å². The topological polar surface area (TPSA) is 71.0 Å². The van der Waals surface area contributed by atoms with E-state index >= 15 is 0 Å². The van der Waals surface area contributed by atoms with Gasteiger partial charge in [0, 0.05) is 32.1 Å². The van der Waals surface area contributed by atoms with Crippen LogP contribution in [0.3, 0.4) is 0 Å². The quantitative estimate of drug-likeness (QED) is 0.643. The summed E-state index contributed by atoms with van der Waals surface area (Å²) in [4.78, 5) is 6.93. The second-order valence-electron chi connectivity index (χ2n) is 7.57. The predicted molar refractivity (Wildman–Crippen MR) is 105 cm³/mol. The van der Waals surface area contributed by atoms with Gasteiger partial charge in [0.05, 0.1) is 17.1 Å². The Morgan fingerprint density at radius 1 is 1.38 bits per heavy atom. The number of rotatable bonds is 3. The van der Waals surface area contributed by atoms with Gasteiger partial charge < -0.3 is 15.0 Å². The van der Waals surface area contributed by atoms with E-state index in [1.54, 1.807) is 13.8 Å². The SMILES string of the molecule is CCNC(=NCC1CCOc2ccccc21)N1CCS(=O)(=O)C(C)(C)C1. The lowest BCUT2D eigenvalue weighted by molar-refractivity contribution is 0.268. The van der Waals surface area contributed by atoms with Gasteiger partial charge in [0.1, 0.15) is 5.75 Å². The van der Waals surface area contributed by atoms with Crippen molar-refractivity contribution < 1.29 is 13.2 Å². The van der Waals surface area contributed by atoms with E-state index in [1.807, 2.05) is 25.1 Å². The van der Waals surface area contributed by atoms with E-state index in [9.17, 15) is 8.42 Å². The van der Waals surface area contributed by atoms with Crippen LogP contribution in [0.2, 0.25) is 0 Å². The number of guanidine groups is 1. The van der Waals surface area contributed by atoms with Gasteiger partial charge in [-0.15, -0.1) is 0 Å². The number of benzene rings is 1. The molecular weight excluding hydrogens is 350 g/mol. The highest BCUT2D eigenvalue weighted by Gasteiger charge is 2.41. The van der Waals surface area contributed by atoms with E-state index in [1.165, 1.54) is 5.56 Å². The summed E-state index contributed by atoms with van der Waals surface area (Å²) in [6, 6.07) is 8.14. The Balaban J connectivity index is 1.77. The Hall–Kier alpha value is -1.76. The third-order valence-corrected chi connectivity index (χ3v) is 7.76. The summed E-state index contributed by atoms with van der Waals surface area (Å²) in [7, 11) is -3.06. The van der Waals surface area contributed by atoms with Gasteiger partial charge in [-0.05, 0) is 38.8 Å². The van der Waals surface area contributed by atoms with E-state index in [0.717, 1.165) is 24.7 Å². The average Bonchev–Trinajstić information content (AvgIpc) is 2.61. The van der Waals surface area contributed by atoms with E-state index in [4.69, 9.17) is 9.73 Å². The number of para-hydroxylation sites is 1. The summed E-state index contributed by atoms with van der Waals surface area (Å²) in [5, 5.41) is 3.33. The molecule has 7 heteroatoms. The highest BCUT2D eigenvalue weighted by molar-refractivity contribution is 7.92. The van der Waals surface area contributed by atoms with Crippen molar-refractivity contribution in [3.63, 3.8) is 0 Å². The molecule has 0 bridgehead atoms. The molecule has 3 rings (SSSR count). The molecule has 1 N–H and O–H groups in total. The third kappa shape index (κ3) is 3.82. The Bertz CT molecular complexity index is 774. The number of fused-ring (bicyclic) bond motifs is 1. The van der Waals surface area contributed by atoms with Gasteiger partial charge in [0.15, 0.2) is 15.8 Å². The second kappa shape index (κ2) is 7.47. The number of sulfone groups is 1. The van der Waals surface area contributed by atoms with E-state index in [0.29, 0.717) is 32.2 Å². The maximum absolute atomic E-state index is 12.3.